The Labute approximate surface area is 144 Å². The third kappa shape index (κ3) is 5.23. The van der Waals surface area contributed by atoms with E-state index in [0.717, 1.165) is 32.6 Å². The molecule has 132 valence electrons. The molecule has 1 heterocycles. The number of rotatable bonds is 5. The first-order chi connectivity index (χ1) is 11.5. The third-order valence-corrected chi connectivity index (χ3v) is 4.44. The molecule has 1 aliphatic heterocycles. The largest absolute Gasteiger partial charge is 0.369 e. The minimum absolute atomic E-state index is 0.0652. The van der Waals surface area contributed by atoms with Crippen LogP contribution in [0.2, 0.25) is 0 Å². The highest BCUT2D eigenvalue weighted by molar-refractivity contribution is 5.95. The molecule has 0 bridgehead atoms. The maximum atomic E-state index is 12.0. The monoisotopic (exact) mass is 332 g/mol. The number of nitrogens with zero attached hydrogens (tertiary/aromatic N) is 2. The van der Waals surface area contributed by atoms with Crippen LogP contribution in [0.1, 0.15) is 25.8 Å². The van der Waals surface area contributed by atoms with Crippen molar-refractivity contribution in [1.82, 2.24) is 15.5 Å². The van der Waals surface area contributed by atoms with Crippen LogP contribution in [-0.2, 0) is 4.79 Å². The summed E-state index contributed by atoms with van der Waals surface area (Å²) in [4.78, 5) is 28.1. The molecule has 0 aromatic heterocycles. The van der Waals surface area contributed by atoms with Crippen LogP contribution in [0, 0.1) is 6.92 Å². The predicted molar refractivity (Wildman–Crippen MR) is 96.3 cm³/mol. The molecule has 0 aliphatic carbocycles. The second-order valence-electron chi connectivity index (χ2n) is 6.38. The van der Waals surface area contributed by atoms with Crippen molar-refractivity contribution in [3.63, 3.8) is 0 Å². The van der Waals surface area contributed by atoms with Gasteiger partial charge >= 0.3 is 6.03 Å². The third-order valence-electron chi connectivity index (χ3n) is 4.44. The van der Waals surface area contributed by atoms with E-state index < -0.39 is 6.03 Å². The van der Waals surface area contributed by atoms with E-state index in [1.165, 1.54) is 11.3 Å². The highest BCUT2D eigenvalue weighted by atomic mass is 16.2. The molecule has 1 atom stereocenters. The molecular weight excluding hydrogens is 304 g/mol. The molecule has 24 heavy (non-hydrogen) atoms. The van der Waals surface area contributed by atoms with E-state index >= 15 is 0 Å². The molecule has 0 spiro atoms. The van der Waals surface area contributed by atoms with Gasteiger partial charge < -0.3 is 10.2 Å². The normalized spacial score (nSPS) is 16.5. The smallest absolute Gasteiger partial charge is 0.321 e. The van der Waals surface area contributed by atoms with Crippen LogP contribution in [0.4, 0.5) is 10.5 Å². The van der Waals surface area contributed by atoms with E-state index in [9.17, 15) is 9.59 Å². The van der Waals surface area contributed by atoms with E-state index in [4.69, 9.17) is 0 Å². The van der Waals surface area contributed by atoms with Gasteiger partial charge in [0.05, 0.1) is 6.54 Å². The molecule has 2 N–H and O–H groups in total. The Morgan fingerprint density at radius 1 is 1.17 bits per heavy atom. The Morgan fingerprint density at radius 3 is 2.46 bits per heavy atom. The van der Waals surface area contributed by atoms with Crippen molar-refractivity contribution >= 4 is 17.6 Å². The van der Waals surface area contributed by atoms with Crippen molar-refractivity contribution in [2.24, 2.45) is 0 Å². The highest BCUT2D eigenvalue weighted by Crippen LogP contribution is 2.20. The van der Waals surface area contributed by atoms with Crippen LogP contribution < -0.4 is 15.5 Å². The zero-order valence-electron chi connectivity index (χ0n) is 14.8. The van der Waals surface area contributed by atoms with Crippen LogP contribution in [-0.4, -0.2) is 55.6 Å². The summed E-state index contributed by atoms with van der Waals surface area (Å²) >= 11 is 0. The first-order valence-corrected chi connectivity index (χ1v) is 8.63. The molecule has 1 fully saturated rings. The SMILES string of the molecule is CC[C@H](C)NC(=O)NC(=O)CN1CCN(c2ccccc2C)CC1. The van der Waals surface area contributed by atoms with Gasteiger partial charge in [-0.25, -0.2) is 4.79 Å². The molecule has 0 radical (unpaired) electrons. The summed E-state index contributed by atoms with van der Waals surface area (Å²) in [6.07, 6.45) is 0.836. The lowest BCUT2D eigenvalue weighted by molar-refractivity contribution is -0.121. The van der Waals surface area contributed by atoms with Crippen LogP contribution in [0.5, 0.6) is 0 Å². The molecule has 1 aliphatic rings. The quantitative estimate of drug-likeness (QED) is 0.862. The Hall–Kier alpha value is -2.08. The predicted octanol–water partition coefficient (Wildman–Crippen LogP) is 1.74. The van der Waals surface area contributed by atoms with Crippen LogP contribution in [0.3, 0.4) is 0 Å². The number of nitrogens with one attached hydrogen (secondary N) is 2. The molecule has 3 amide bonds. The summed E-state index contributed by atoms with van der Waals surface area (Å²) in [5.74, 6) is -0.250. The van der Waals surface area contributed by atoms with Crippen LogP contribution in [0.15, 0.2) is 24.3 Å². The van der Waals surface area contributed by atoms with Gasteiger partial charge in [0.2, 0.25) is 5.91 Å². The van der Waals surface area contributed by atoms with Crippen molar-refractivity contribution in [3.05, 3.63) is 29.8 Å². The molecule has 1 aromatic rings. The van der Waals surface area contributed by atoms with Crippen molar-refractivity contribution in [2.75, 3.05) is 37.6 Å². The standard InChI is InChI=1S/C18H28N4O2/c1-4-15(3)19-18(24)20-17(23)13-21-9-11-22(12-10-21)16-8-6-5-7-14(16)2/h5-8,15H,4,9-13H2,1-3H3,(H2,19,20,23,24)/t15-/m0/s1. The van der Waals surface area contributed by atoms with Crippen LogP contribution in [0.25, 0.3) is 0 Å². The fourth-order valence-electron chi connectivity index (χ4n) is 2.80. The van der Waals surface area contributed by atoms with Crippen LogP contribution >= 0.6 is 0 Å². The van der Waals surface area contributed by atoms with Gasteiger partial charge in [-0.15, -0.1) is 0 Å². The number of benzene rings is 1. The summed E-state index contributed by atoms with van der Waals surface area (Å²) in [7, 11) is 0. The number of carbonyl (C=O) groups is 2. The molecule has 1 saturated heterocycles. The van der Waals surface area contributed by atoms with E-state index in [1.54, 1.807) is 0 Å². The summed E-state index contributed by atoms with van der Waals surface area (Å²) in [5.41, 5.74) is 2.53. The Kier molecular flexibility index (Phi) is 6.61. The second kappa shape index (κ2) is 8.68. The fraction of sp³-hybridized carbons (Fsp3) is 0.556. The Balaban J connectivity index is 1.76. The van der Waals surface area contributed by atoms with Gasteiger partial charge in [0, 0.05) is 37.9 Å². The summed E-state index contributed by atoms with van der Waals surface area (Å²) in [6, 6.07) is 8.01. The number of piperazine rings is 1. The average Bonchev–Trinajstić information content (AvgIpc) is 2.55. The first kappa shape index (κ1) is 18.3. The lowest BCUT2D eigenvalue weighted by Gasteiger charge is -2.36. The number of urea groups is 1. The number of anilines is 1. The molecule has 0 unspecified atom stereocenters. The van der Waals surface area contributed by atoms with E-state index in [2.05, 4.69) is 45.6 Å². The van der Waals surface area contributed by atoms with Gasteiger partial charge in [0.25, 0.3) is 0 Å². The Morgan fingerprint density at radius 2 is 1.83 bits per heavy atom. The lowest BCUT2D eigenvalue weighted by Crippen LogP contribution is -2.51. The number of hydrogen-bond acceptors (Lipinski definition) is 4. The van der Waals surface area contributed by atoms with Gasteiger partial charge in [-0.3, -0.25) is 15.0 Å². The van der Waals surface area contributed by atoms with Gasteiger partial charge in [-0.1, -0.05) is 25.1 Å². The van der Waals surface area contributed by atoms with Gasteiger partial charge in [0.15, 0.2) is 0 Å². The zero-order valence-corrected chi connectivity index (χ0v) is 14.8. The van der Waals surface area contributed by atoms with E-state index in [1.807, 2.05) is 19.9 Å². The lowest BCUT2D eigenvalue weighted by atomic mass is 10.1. The minimum atomic E-state index is -0.409. The van der Waals surface area contributed by atoms with Gasteiger partial charge in [-0.05, 0) is 31.9 Å². The number of para-hydroxylation sites is 1. The zero-order chi connectivity index (χ0) is 17.5. The highest BCUT2D eigenvalue weighted by Gasteiger charge is 2.20. The maximum absolute atomic E-state index is 12.0. The number of amides is 3. The molecule has 2 rings (SSSR count). The number of imide groups is 1. The van der Waals surface area contributed by atoms with Crippen molar-refractivity contribution in [2.45, 2.75) is 33.2 Å². The summed E-state index contributed by atoms with van der Waals surface area (Å²) in [5, 5.41) is 5.14. The van der Waals surface area contributed by atoms with Gasteiger partial charge in [-0.2, -0.15) is 0 Å². The summed E-state index contributed by atoms with van der Waals surface area (Å²) < 4.78 is 0. The molecule has 1 aromatic carbocycles. The molecule has 0 saturated carbocycles. The molecule has 6 heteroatoms. The van der Waals surface area contributed by atoms with Gasteiger partial charge in [0.1, 0.15) is 0 Å². The number of hydrogen-bond donors (Lipinski definition) is 2. The molecule has 6 nitrogen and oxygen atoms in total. The topological polar surface area (TPSA) is 64.7 Å². The van der Waals surface area contributed by atoms with Crippen molar-refractivity contribution < 1.29 is 9.59 Å². The number of carbonyl (C=O) groups excluding carboxylic acids is 2. The average molecular weight is 332 g/mol. The van der Waals surface area contributed by atoms with Crippen molar-refractivity contribution in [1.29, 1.82) is 0 Å². The first-order valence-electron chi connectivity index (χ1n) is 8.63. The fourth-order valence-corrected chi connectivity index (χ4v) is 2.80. The van der Waals surface area contributed by atoms with E-state index in [-0.39, 0.29) is 18.5 Å². The summed E-state index contributed by atoms with van der Waals surface area (Å²) in [6.45, 7) is 9.67. The van der Waals surface area contributed by atoms with Crippen molar-refractivity contribution in [3.8, 4) is 0 Å². The number of aryl methyl sites for hydroxylation is 1. The molecular formula is C18H28N4O2. The minimum Gasteiger partial charge on any atom is -0.369 e. The Bertz CT molecular complexity index is 568. The van der Waals surface area contributed by atoms with E-state index in [0.29, 0.717) is 0 Å². The maximum Gasteiger partial charge on any atom is 0.321 e. The second-order valence-corrected chi connectivity index (χ2v) is 6.38.